The molecule has 0 spiro atoms. The van der Waals surface area contributed by atoms with Crippen LogP contribution in [0.4, 0.5) is 10.5 Å². The van der Waals surface area contributed by atoms with Crippen molar-refractivity contribution >= 4 is 40.8 Å². The molecule has 0 aliphatic carbocycles. The summed E-state index contributed by atoms with van der Waals surface area (Å²) in [5, 5.41) is 11.9. The first-order valence-electron chi connectivity index (χ1n) is 8.94. The number of amidine groups is 1. The van der Waals surface area contributed by atoms with E-state index in [1.165, 1.54) is 11.8 Å². The number of imide groups is 1. The Hall–Kier alpha value is -3.13. The van der Waals surface area contributed by atoms with Crippen molar-refractivity contribution < 1.29 is 9.59 Å². The second-order valence-corrected chi connectivity index (χ2v) is 7.29. The van der Waals surface area contributed by atoms with E-state index in [-0.39, 0.29) is 17.7 Å². The van der Waals surface area contributed by atoms with Gasteiger partial charge in [-0.3, -0.25) is 10.1 Å². The summed E-state index contributed by atoms with van der Waals surface area (Å²) in [4.78, 5) is 28.7. The van der Waals surface area contributed by atoms with Gasteiger partial charge >= 0.3 is 6.03 Å². The number of carbonyl (C=O) groups is 2. The van der Waals surface area contributed by atoms with E-state index in [0.29, 0.717) is 11.7 Å². The number of urea groups is 1. The summed E-state index contributed by atoms with van der Waals surface area (Å²) in [6, 6.07) is 17.1. The van der Waals surface area contributed by atoms with Crippen molar-refractivity contribution in [2.24, 2.45) is 10.1 Å². The first kappa shape index (κ1) is 18.2. The number of amides is 3. The Morgan fingerprint density at radius 1 is 1.11 bits per heavy atom. The summed E-state index contributed by atoms with van der Waals surface area (Å²) >= 11 is 1.27. The Labute approximate surface area is 166 Å². The molecule has 2 N–H and O–H groups in total. The van der Waals surface area contributed by atoms with Gasteiger partial charge in [0.15, 0.2) is 5.17 Å². The fraction of sp³-hybridized carbons (Fsp3) is 0.200. The summed E-state index contributed by atoms with van der Waals surface area (Å²) in [6.07, 6.45) is 2.67. The molecule has 3 amide bonds. The molecule has 0 fully saturated rings. The Morgan fingerprint density at radius 3 is 2.75 bits per heavy atom. The van der Waals surface area contributed by atoms with Gasteiger partial charge in [0.2, 0.25) is 5.91 Å². The third-order valence-electron chi connectivity index (χ3n) is 4.42. The number of nitrogens with zero attached hydrogens (tertiary/aromatic N) is 3. The van der Waals surface area contributed by atoms with Gasteiger partial charge in [-0.2, -0.15) is 5.10 Å². The maximum absolute atomic E-state index is 12.1. The Morgan fingerprint density at radius 2 is 1.89 bits per heavy atom. The van der Waals surface area contributed by atoms with Crippen LogP contribution in [0.1, 0.15) is 23.6 Å². The van der Waals surface area contributed by atoms with Gasteiger partial charge in [0, 0.05) is 24.7 Å². The number of aliphatic imine (C=N–C) groups is 1. The number of hydrogen-bond acceptors (Lipinski definition) is 6. The molecule has 0 saturated carbocycles. The summed E-state index contributed by atoms with van der Waals surface area (Å²) in [7, 11) is 0. The first-order chi connectivity index (χ1) is 13.7. The largest absolute Gasteiger partial charge is 0.334 e. The summed E-state index contributed by atoms with van der Waals surface area (Å²) in [5.41, 5.74) is 3.00. The minimum atomic E-state index is -0.512. The van der Waals surface area contributed by atoms with Crippen LogP contribution in [0.2, 0.25) is 0 Å². The molecule has 4 rings (SSSR count). The highest BCUT2D eigenvalue weighted by molar-refractivity contribution is 8.14. The number of para-hydroxylation sites is 1. The summed E-state index contributed by atoms with van der Waals surface area (Å²) < 4.78 is 0. The van der Waals surface area contributed by atoms with E-state index in [0.717, 1.165) is 23.2 Å². The van der Waals surface area contributed by atoms with Crippen molar-refractivity contribution in [3.05, 3.63) is 65.7 Å². The van der Waals surface area contributed by atoms with Crippen LogP contribution >= 0.6 is 11.8 Å². The van der Waals surface area contributed by atoms with Crippen LogP contribution in [0.3, 0.4) is 0 Å². The monoisotopic (exact) mass is 393 g/mol. The van der Waals surface area contributed by atoms with Crippen LogP contribution in [0.15, 0.2) is 64.7 Å². The third kappa shape index (κ3) is 4.07. The molecule has 1 atom stereocenters. The molecule has 2 heterocycles. The lowest BCUT2D eigenvalue weighted by Crippen LogP contribution is -2.40. The standard InChI is InChI=1S/C20H19N5O2S/c26-18(24-19(27)21-12-14-6-2-1-3-7-14)13-28-20-23-16-9-5-4-8-15(16)17-10-11-22-25(17)20/h1-9,11,17H,10,12-13H2,(H2,21,24,26,27). The minimum Gasteiger partial charge on any atom is -0.334 e. The topological polar surface area (TPSA) is 86.2 Å². The molecule has 8 heteroatoms. The van der Waals surface area contributed by atoms with Crippen molar-refractivity contribution in [2.75, 3.05) is 5.75 Å². The van der Waals surface area contributed by atoms with Crippen molar-refractivity contribution in [3.63, 3.8) is 0 Å². The lowest BCUT2D eigenvalue weighted by molar-refractivity contribution is -0.117. The van der Waals surface area contributed by atoms with Crippen LogP contribution in [0.5, 0.6) is 0 Å². The highest BCUT2D eigenvalue weighted by Gasteiger charge is 2.32. The number of hydrazone groups is 1. The molecule has 0 saturated heterocycles. The zero-order valence-corrected chi connectivity index (χ0v) is 15.9. The molecule has 2 aromatic rings. The summed E-state index contributed by atoms with van der Waals surface area (Å²) in [5.74, 6) is -0.296. The predicted octanol–water partition coefficient (Wildman–Crippen LogP) is 3.18. The van der Waals surface area contributed by atoms with E-state index in [1.807, 2.05) is 59.8 Å². The Balaban J connectivity index is 1.31. The number of hydrogen-bond donors (Lipinski definition) is 2. The van der Waals surface area contributed by atoms with Gasteiger partial charge in [0.05, 0.1) is 17.5 Å². The molecule has 0 bridgehead atoms. The number of fused-ring (bicyclic) bond motifs is 3. The van der Waals surface area contributed by atoms with Crippen LogP contribution in [-0.2, 0) is 11.3 Å². The molecule has 2 aliphatic heterocycles. The van der Waals surface area contributed by atoms with Gasteiger partial charge in [0.1, 0.15) is 0 Å². The third-order valence-corrected chi connectivity index (χ3v) is 5.36. The van der Waals surface area contributed by atoms with Crippen LogP contribution in [-0.4, -0.2) is 34.1 Å². The van der Waals surface area contributed by atoms with Crippen molar-refractivity contribution in [2.45, 2.75) is 19.0 Å². The Bertz CT molecular complexity index is 945. The fourth-order valence-electron chi connectivity index (χ4n) is 3.10. The molecule has 0 radical (unpaired) electrons. The summed E-state index contributed by atoms with van der Waals surface area (Å²) in [6.45, 7) is 0.362. The number of benzene rings is 2. The van der Waals surface area contributed by atoms with Crippen LogP contribution in [0, 0.1) is 0 Å². The molecule has 2 aliphatic rings. The quantitative estimate of drug-likeness (QED) is 0.835. The molecule has 2 aromatic carbocycles. The Kier molecular flexibility index (Phi) is 5.38. The fourth-order valence-corrected chi connectivity index (χ4v) is 3.90. The van der Waals surface area contributed by atoms with E-state index in [4.69, 9.17) is 0 Å². The van der Waals surface area contributed by atoms with Gasteiger partial charge in [-0.1, -0.05) is 60.3 Å². The van der Waals surface area contributed by atoms with Gasteiger partial charge in [0.25, 0.3) is 0 Å². The van der Waals surface area contributed by atoms with E-state index in [9.17, 15) is 9.59 Å². The lowest BCUT2D eigenvalue weighted by atomic mass is 10.0. The van der Waals surface area contributed by atoms with E-state index < -0.39 is 6.03 Å². The average Bonchev–Trinajstić information content (AvgIpc) is 3.22. The van der Waals surface area contributed by atoms with Gasteiger partial charge in [-0.25, -0.2) is 14.8 Å². The van der Waals surface area contributed by atoms with Crippen LogP contribution in [0.25, 0.3) is 0 Å². The zero-order chi connectivity index (χ0) is 19.3. The van der Waals surface area contributed by atoms with E-state index in [1.54, 1.807) is 0 Å². The first-order valence-corrected chi connectivity index (χ1v) is 9.93. The van der Waals surface area contributed by atoms with Crippen LogP contribution < -0.4 is 10.6 Å². The normalized spacial score (nSPS) is 16.8. The molecular weight excluding hydrogens is 374 g/mol. The smallest absolute Gasteiger partial charge is 0.321 e. The molecule has 0 aromatic heterocycles. The zero-order valence-electron chi connectivity index (χ0n) is 15.0. The molecule has 1 unspecified atom stereocenters. The second-order valence-electron chi connectivity index (χ2n) is 6.35. The van der Waals surface area contributed by atoms with Gasteiger partial charge < -0.3 is 5.32 Å². The maximum Gasteiger partial charge on any atom is 0.321 e. The molecule has 142 valence electrons. The average molecular weight is 393 g/mol. The predicted molar refractivity (Wildman–Crippen MR) is 111 cm³/mol. The minimum absolute atomic E-state index is 0.0818. The number of thioether (sulfide) groups is 1. The number of carbonyl (C=O) groups excluding carboxylic acids is 2. The second kappa shape index (κ2) is 8.26. The van der Waals surface area contributed by atoms with Crippen molar-refractivity contribution in [1.82, 2.24) is 15.6 Å². The van der Waals surface area contributed by atoms with Crippen molar-refractivity contribution in [3.8, 4) is 0 Å². The number of nitrogens with one attached hydrogen (secondary N) is 2. The van der Waals surface area contributed by atoms with Gasteiger partial charge in [-0.15, -0.1) is 0 Å². The lowest BCUT2D eigenvalue weighted by Gasteiger charge is -2.29. The van der Waals surface area contributed by atoms with E-state index in [2.05, 4.69) is 26.8 Å². The molecule has 28 heavy (non-hydrogen) atoms. The van der Waals surface area contributed by atoms with Gasteiger partial charge in [-0.05, 0) is 11.6 Å². The highest BCUT2D eigenvalue weighted by Crippen LogP contribution is 2.40. The van der Waals surface area contributed by atoms with Crippen molar-refractivity contribution in [1.29, 1.82) is 0 Å². The maximum atomic E-state index is 12.1. The van der Waals surface area contributed by atoms with E-state index >= 15 is 0 Å². The highest BCUT2D eigenvalue weighted by atomic mass is 32.2. The number of rotatable bonds is 4. The molecular formula is C20H19N5O2S. The molecule has 7 nitrogen and oxygen atoms in total. The SMILES string of the molecule is O=C(CSC1=Nc2ccccc2C2CC=NN12)NC(=O)NCc1ccccc1.